The summed E-state index contributed by atoms with van der Waals surface area (Å²) in [7, 11) is 1.62. The highest BCUT2D eigenvalue weighted by Crippen LogP contribution is 2.34. The fourth-order valence-corrected chi connectivity index (χ4v) is 2.88. The molecule has 0 saturated carbocycles. The Bertz CT molecular complexity index is 657. The van der Waals surface area contributed by atoms with Crippen LogP contribution in [0.3, 0.4) is 0 Å². The highest BCUT2D eigenvalue weighted by Gasteiger charge is 2.32. The van der Waals surface area contributed by atoms with Crippen LogP contribution < -0.4 is 0 Å². The van der Waals surface area contributed by atoms with Crippen molar-refractivity contribution in [3.63, 3.8) is 0 Å². The smallest absolute Gasteiger partial charge is 0.129 e. The second-order valence-corrected chi connectivity index (χ2v) is 5.67. The number of halogens is 1. The van der Waals surface area contributed by atoms with E-state index in [1.165, 1.54) is 0 Å². The van der Waals surface area contributed by atoms with Gasteiger partial charge in [-0.25, -0.2) is 0 Å². The van der Waals surface area contributed by atoms with E-state index in [0.717, 1.165) is 4.47 Å². The largest absolute Gasteiger partial charge is 0.383 e. The van der Waals surface area contributed by atoms with Gasteiger partial charge in [-0.2, -0.15) is 10.4 Å². The second kappa shape index (κ2) is 6.39. The molecule has 110 valence electrons. The van der Waals surface area contributed by atoms with Crippen LogP contribution in [0.15, 0.2) is 34.9 Å². The van der Waals surface area contributed by atoms with E-state index in [-0.39, 0.29) is 0 Å². The zero-order valence-corrected chi connectivity index (χ0v) is 13.5. The average Bonchev–Trinajstić information content (AvgIpc) is 2.86. The summed E-state index contributed by atoms with van der Waals surface area (Å²) in [5.74, 6) is 0. The van der Waals surface area contributed by atoms with E-state index in [4.69, 9.17) is 10.00 Å². The monoisotopic (exact) mass is 349 g/mol. The van der Waals surface area contributed by atoms with Crippen LogP contribution >= 0.6 is 15.9 Å². The van der Waals surface area contributed by atoms with Gasteiger partial charge in [0.15, 0.2) is 0 Å². The van der Waals surface area contributed by atoms with Crippen molar-refractivity contribution in [1.29, 1.82) is 5.26 Å². The lowest BCUT2D eigenvalue weighted by atomic mass is 9.91. The standard InChI is InChI=1S/C15H16BrN3O2/c1-15(20,12-5-3-11(9-17)4-6-12)14-13(16)10-18-19(14)7-8-21-2/h3-6,10,20H,7-8H2,1-2H3. The van der Waals surface area contributed by atoms with Gasteiger partial charge in [-0.1, -0.05) is 12.1 Å². The number of methoxy groups -OCH3 is 1. The number of benzene rings is 1. The maximum atomic E-state index is 11.0. The third kappa shape index (κ3) is 3.16. The summed E-state index contributed by atoms with van der Waals surface area (Å²) >= 11 is 3.43. The fraction of sp³-hybridized carbons (Fsp3) is 0.333. The predicted octanol–water partition coefficient (Wildman–Crippen LogP) is 2.42. The van der Waals surface area contributed by atoms with Gasteiger partial charge in [0.2, 0.25) is 0 Å². The molecular formula is C15H16BrN3O2. The van der Waals surface area contributed by atoms with E-state index < -0.39 is 5.60 Å². The number of aromatic nitrogens is 2. The molecule has 0 bridgehead atoms. The molecule has 1 atom stereocenters. The Balaban J connectivity index is 2.42. The molecule has 1 N–H and O–H groups in total. The van der Waals surface area contributed by atoms with Gasteiger partial charge in [-0.3, -0.25) is 4.68 Å². The molecule has 0 fully saturated rings. The Morgan fingerprint density at radius 1 is 1.43 bits per heavy atom. The maximum Gasteiger partial charge on any atom is 0.129 e. The lowest BCUT2D eigenvalue weighted by Crippen LogP contribution is -2.28. The first kappa shape index (κ1) is 15.7. The molecule has 2 aromatic rings. The molecule has 1 aromatic carbocycles. The van der Waals surface area contributed by atoms with E-state index in [0.29, 0.717) is 30.0 Å². The van der Waals surface area contributed by atoms with Crippen molar-refractivity contribution in [3.05, 3.63) is 51.8 Å². The molecule has 0 aliphatic carbocycles. The zero-order chi connectivity index (χ0) is 15.5. The minimum atomic E-state index is -1.23. The minimum absolute atomic E-state index is 0.505. The summed E-state index contributed by atoms with van der Waals surface area (Å²) < 4.78 is 7.51. The molecule has 0 aliphatic rings. The summed E-state index contributed by atoms with van der Waals surface area (Å²) in [6.45, 7) is 2.76. The Labute approximate surface area is 131 Å². The van der Waals surface area contributed by atoms with Gasteiger partial charge < -0.3 is 9.84 Å². The zero-order valence-electron chi connectivity index (χ0n) is 11.9. The van der Waals surface area contributed by atoms with Crippen molar-refractivity contribution in [2.24, 2.45) is 0 Å². The van der Waals surface area contributed by atoms with Crippen molar-refractivity contribution < 1.29 is 9.84 Å². The van der Waals surface area contributed by atoms with Crippen LogP contribution in [0.5, 0.6) is 0 Å². The Morgan fingerprint density at radius 2 is 2.10 bits per heavy atom. The fourth-order valence-electron chi connectivity index (χ4n) is 2.20. The third-order valence-electron chi connectivity index (χ3n) is 3.34. The van der Waals surface area contributed by atoms with Gasteiger partial charge in [-0.05, 0) is 40.5 Å². The van der Waals surface area contributed by atoms with Crippen molar-refractivity contribution in [3.8, 4) is 6.07 Å². The van der Waals surface area contributed by atoms with Gasteiger partial charge in [0.1, 0.15) is 5.60 Å². The number of nitriles is 1. The van der Waals surface area contributed by atoms with Crippen LogP contribution in [0.2, 0.25) is 0 Å². The van der Waals surface area contributed by atoms with Gasteiger partial charge in [0.05, 0.1) is 41.1 Å². The topological polar surface area (TPSA) is 71.1 Å². The highest BCUT2D eigenvalue weighted by molar-refractivity contribution is 9.10. The molecule has 2 rings (SSSR count). The normalized spacial score (nSPS) is 13.7. The third-order valence-corrected chi connectivity index (χ3v) is 3.92. The second-order valence-electron chi connectivity index (χ2n) is 4.82. The maximum absolute atomic E-state index is 11.0. The molecule has 1 heterocycles. The van der Waals surface area contributed by atoms with Crippen LogP contribution in [0.4, 0.5) is 0 Å². The molecule has 0 spiro atoms. The van der Waals surface area contributed by atoms with Crippen molar-refractivity contribution >= 4 is 15.9 Å². The van der Waals surface area contributed by atoms with Crippen molar-refractivity contribution in [2.45, 2.75) is 19.1 Å². The van der Waals surface area contributed by atoms with Gasteiger partial charge >= 0.3 is 0 Å². The molecule has 0 saturated heterocycles. The number of hydrogen-bond acceptors (Lipinski definition) is 4. The first-order chi connectivity index (χ1) is 10.0. The molecule has 0 amide bonds. The molecular weight excluding hydrogens is 334 g/mol. The first-order valence-corrected chi connectivity index (χ1v) is 7.23. The Morgan fingerprint density at radius 3 is 2.67 bits per heavy atom. The van der Waals surface area contributed by atoms with Crippen LogP contribution in [0.1, 0.15) is 23.7 Å². The molecule has 5 nitrogen and oxygen atoms in total. The van der Waals surface area contributed by atoms with E-state index in [2.05, 4.69) is 27.1 Å². The number of ether oxygens (including phenoxy) is 1. The van der Waals surface area contributed by atoms with Crippen LogP contribution in [-0.4, -0.2) is 28.6 Å². The van der Waals surface area contributed by atoms with Crippen LogP contribution in [0.25, 0.3) is 0 Å². The minimum Gasteiger partial charge on any atom is -0.383 e. The SMILES string of the molecule is COCCn1ncc(Br)c1C(C)(O)c1ccc(C#N)cc1. The molecule has 0 radical (unpaired) electrons. The molecule has 1 aromatic heterocycles. The highest BCUT2D eigenvalue weighted by atomic mass is 79.9. The van der Waals surface area contributed by atoms with Gasteiger partial charge in [-0.15, -0.1) is 0 Å². The number of aliphatic hydroxyl groups is 1. The lowest BCUT2D eigenvalue weighted by molar-refractivity contribution is 0.0875. The Hall–Kier alpha value is -1.68. The summed E-state index contributed by atoms with van der Waals surface area (Å²) in [5, 5.41) is 24.1. The van der Waals surface area contributed by atoms with Crippen molar-refractivity contribution in [2.75, 3.05) is 13.7 Å². The summed E-state index contributed by atoms with van der Waals surface area (Å²) in [4.78, 5) is 0. The molecule has 0 aliphatic heterocycles. The lowest BCUT2D eigenvalue weighted by Gasteiger charge is -2.25. The summed E-state index contributed by atoms with van der Waals surface area (Å²) in [6.07, 6.45) is 1.66. The van der Waals surface area contributed by atoms with Crippen LogP contribution in [-0.2, 0) is 16.9 Å². The predicted molar refractivity (Wildman–Crippen MR) is 81.6 cm³/mol. The van der Waals surface area contributed by atoms with Gasteiger partial charge in [0, 0.05) is 7.11 Å². The van der Waals surface area contributed by atoms with E-state index in [1.807, 2.05) is 0 Å². The molecule has 21 heavy (non-hydrogen) atoms. The quantitative estimate of drug-likeness (QED) is 0.899. The van der Waals surface area contributed by atoms with E-state index in [1.54, 1.807) is 49.2 Å². The number of rotatable bonds is 5. The Kier molecular flexibility index (Phi) is 4.78. The van der Waals surface area contributed by atoms with Gasteiger partial charge in [0.25, 0.3) is 0 Å². The first-order valence-electron chi connectivity index (χ1n) is 6.44. The average molecular weight is 350 g/mol. The van der Waals surface area contributed by atoms with E-state index >= 15 is 0 Å². The molecule has 1 unspecified atom stereocenters. The summed E-state index contributed by atoms with van der Waals surface area (Å²) in [6, 6.07) is 8.94. The molecule has 6 heteroatoms. The van der Waals surface area contributed by atoms with Crippen molar-refractivity contribution in [1.82, 2.24) is 9.78 Å². The van der Waals surface area contributed by atoms with Crippen LogP contribution in [0, 0.1) is 11.3 Å². The summed E-state index contributed by atoms with van der Waals surface area (Å²) in [5.41, 5.74) is 0.684. The number of nitrogens with zero attached hydrogens (tertiary/aromatic N) is 3. The number of hydrogen-bond donors (Lipinski definition) is 1. The van der Waals surface area contributed by atoms with E-state index in [9.17, 15) is 5.11 Å².